The molecule has 0 aromatic heterocycles. The van der Waals surface area contributed by atoms with E-state index in [0.717, 1.165) is 0 Å². The minimum Gasteiger partial charge on any atom is -0.491 e. The van der Waals surface area contributed by atoms with Crippen LogP contribution in [-0.2, 0) is 9.59 Å². The third-order valence-electron chi connectivity index (χ3n) is 4.00. The Kier molecular flexibility index (Phi) is 5.92. The predicted molar refractivity (Wildman–Crippen MR) is 108 cm³/mol. The van der Waals surface area contributed by atoms with Gasteiger partial charge in [-0.1, -0.05) is 23.7 Å². The molecular weight excluding hydrogens is 436 g/mol. The molecule has 0 bridgehead atoms. The lowest BCUT2D eigenvalue weighted by atomic mass is 10.1. The van der Waals surface area contributed by atoms with Gasteiger partial charge in [0.05, 0.1) is 29.0 Å². The maximum Gasteiger partial charge on any atom is 0.267 e. The fourth-order valence-electron chi connectivity index (χ4n) is 2.83. The second-order valence-electron chi connectivity index (χ2n) is 5.89. The number of anilines is 2. The average Bonchev–Trinajstić information content (AvgIpc) is 2.63. The first-order valence-electron chi connectivity index (χ1n) is 8.37. The minimum absolute atomic E-state index is 0.115. The Hall–Kier alpha value is -2.25. The van der Waals surface area contributed by atoms with Gasteiger partial charge in [0.1, 0.15) is 5.75 Å². The van der Waals surface area contributed by atoms with E-state index in [1.807, 2.05) is 13.0 Å². The first-order chi connectivity index (χ1) is 12.9. The van der Waals surface area contributed by atoms with Gasteiger partial charge in [-0.25, -0.2) is 0 Å². The molecule has 6 nitrogen and oxygen atoms in total. The highest BCUT2D eigenvalue weighted by atomic mass is 79.9. The van der Waals surface area contributed by atoms with Crippen molar-refractivity contribution in [2.45, 2.75) is 20.0 Å². The normalized spacial score (nSPS) is 15.6. The zero-order valence-electron chi connectivity index (χ0n) is 14.8. The molecule has 1 atom stereocenters. The second-order valence-corrected chi connectivity index (χ2v) is 7.18. The van der Waals surface area contributed by atoms with E-state index >= 15 is 0 Å². The van der Waals surface area contributed by atoms with Gasteiger partial charge >= 0.3 is 0 Å². The van der Waals surface area contributed by atoms with Crippen molar-refractivity contribution in [1.82, 2.24) is 0 Å². The van der Waals surface area contributed by atoms with Crippen LogP contribution < -0.4 is 19.7 Å². The number of nitrogens with one attached hydrogen (secondary N) is 1. The molecule has 8 heteroatoms. The zero-order valence-corrected chi connectivity index (χ0v) is 17.1. The molecule has 3 rings (SSSR count). The molecule has 2 aromatic rings. The minimum atomic E-state index is -0.865. The van der Waals surface area contributed by atoms with Crippen LogP contribution in [-0.4, -0.2) is 31.1 Å². The number of halogens is 2. The van der Waals surface area contributed by atoms with Gasteiger partial charge in [-0.15, -0.1) is 0 Å². The molecule has 1 N–H and O–H groups in total. The topological polar surface area (TPSA) is 67.9 Å². The Balaban J connectivity index is 1.86. The molecule has 27 heavy (non-hydrogen) atoms. The first kappa shape index (κ1) is 19.5. The van der Waals surface area contributed by atoms with Crippen LogP contribution in [0.25, 0.3) is 0 Å². The van der Waals surface area contributed by atoms with E-state index in [1.54, 1.807) is 30.3 Å². The number of amides is 2. The fraction of sp³-hybridized carbons (Fsp3) is 0.263. The van der Waals surface area contributed by atoms with E-state index in [1.165, 1.54) is 11.8 Å². The second kappa shape index (κ2) is 8.19. The summed E-state index contributed by atoms with van der Waals surface area (Å²) in [5.74, 6) is 0.404. The van der Waals surface area contributed by atoms with Gasteiger partial charge in [0.15, 0.2) is 11.9 Å². The number of nitrogens with zero attached hydrogens (tertiary/aromatic N) is 1. The number of rotatable bonds is 4. The highest BCUT2D eigenvalue weighted by Gasteiger charge is 2.33. The van der Waals surface area contributed by atoms with Crippen molar-refractivity contribution in [3.05, 3.63) is 45.9 Å². The number of ether oxygens (including phenoxy) is 2. The molecule has 1 heterocycles. The summed E-state index contributed by atoms with van der Waals surface area (Å²) < 4.78 is 12.0. The Morgan fingerprint density at radius 2 is 2.11 bits per heavy atom. The summed E-state index contributed by atoms with van der Waals surface area (Å²) in [6.07, 6.45) is -0.865. The number of hydrogen-bond donors (Lipinski definition) is 1. The van der Waals surface area contributed by atoms with E-state index in [2.05, 4.69) is 21.2 Å². The van der Waals surface area contributed by atoms with Gasteiger partial charge in [-0.3, -0.25) is 9.59 Å². The lowest BCUT2D eigenvalue weighted by Gasteiger charge is -2.33. The van der Waals surface area contributed by atoms with Gasteiger partial charge in [-0.2, -0.15) is 0 Å². The number of carbonyl (C=O) groups is 2. The van der Waals surface area contributed by atoms with Crippen molar-refractivity contribution in [2.75, 3.05) is 23.4 Å². The van der Waals surface area contributed by atoms with Crippen LogP contribution in [0.1, 0.15) is 13.8 Å². The predicted octanol–water partition coefficient (Wildman–Crippen LogP) is 4.25. The van der Waals surface area contributed by atoms with Gasteiger partial charge in [0, 0.05) is 11.9 Å². The zero-order chi connectivity index (χ0) is 19.6. The van der Waals surface area contributed by atoms with E-state index < -0.39 is 12.0 Å². The SMILES string of the molecule is CCOc1c(Br)cc(Cl)cc1NC(=O)C1CN(C(C)=O)c2ccccc2O1. The summed E-state index contributed by atoms with van der Waals surface area (Å²) in [6, 6.07) is 10.4. The standard InChI is InChI=1S/C19H18BrClN2O4/c1-3-26-18-13(20)8-12(21)9-14(18)22-19(25)17-10-23(11(2)24)15-6-4-5-7-16(15)27-17/h4-9,17H,3,10H2,1-2H3,(H,22,25). The highest BCUT2D eigenvalue weighted by Crippen LogP contribution is 2.37. The number of para-hydroxylation sites is 2. The quantitative estimate of drug-likeness (QED) is 0.751. The molecule has 0 spiro atoms. The lowest BCUT2D eigenvalue weighted by Crippen LogP contribution is -2.48. The summed E-state index contributed by atoms with van der Waals surface area (Å²) in [7, 11) is 0. The molecule has 2 amide bonds. The lowest BCUT2D eigenvalue weighted by molar-refractivity contribution is -0.123. The summed E-state index contributed by atoms with van der Waals surface area (Å²) in [4.78, 5) is 26.4. The average molecular weight is 454 g/mol. The summed E-state index contributed by atoms with van der Waals surface area (Å²) in [5.41, 5.74) is 1.08. The summed E-state index contributed by atoms with van der Waals surface area (Å²) >= 11 is 9.49. The number of hydrogen-bond acceptors (Lipinski definition) is 4. The van der Waals surface area contributed by atoms with Gasteiger partial charge < -0.3 is 19.7 Å². The molecule has 1 unspecified atom stereocenters. The molecule has 0 saturated heterocycles. The van der Waals surface area contributed by atoms with E-state index in [-0.39, 0.29) is 12.5 Å². The Morgan fingerprint density at radius 1 is 1.37 bits per heavy atom. The van der Waals surface area contributed by atoms with Crippen molar-refractivity contribution in [1.29, 1.82) is 0 Å². The maximum atomic E-state index is 12.8. The van der Waals surface area contributed by atoms with Crippen molar-refractivity contribution < 1.29 is 19.1 Å². The summed E-state index contributed by atoms with van der Waals surface area (Å²) in [6.45, 7) is 3.84. The number of fused-ring (bicyclic) bond motifs is 1. The van der Waals surface area contributed by atoms with Crippen LogP contribution in [0.3, 0.4) is 0 Å². The molecule has 142 valence electrons. The molecule has 0 saturated carbocycles. The summed E-state index contributed by atoms with van der Waals surface area (Å²) in [5, 5.41) is 3.24. The Labute approximate surface area is 170 Å². The molecule has 0 fully saturated rings. The van der Waals surface area contributed by atoms with Crippen molar-refractivity contribution in [3.8, 4) is 11.5 Å². The molecule has 1 aliphatic heterocycles. The highest BCUT2D eigenvalue weighted by molar-refractivity contribution is 9.10. The maximum absolute atomic E-state index is 12.8. The van der Waals surface area contributed by atoms with Crippen LogP contribution >= 0.6 is 27.5 Å². The van der Waals surface area contributed by atoms with Gasteiger partial charge in [0.25, 0.3) is 5.91 Å². The first-order valence-corrected chi connectivity index (χ1v) is 9.54. The van der Waals surface area contributed by atoms with Crippen LogP contribution in [0.4, 0.5) is 11.4 Å². The van der Waals surface area contributed by atoms with Crippen molar-refractivity contribution in [3.63, 3.8) is 0 Å². The van der Waals surface area contributed by atoms with Crippen LogP contribution in [0, 0.1) is 0 Å². The smallest absolute Gasteiger partial charge is 0.267 e. The number of carbonyl (C=O) groups excluding carboxylic acids is 2. The largest absolute Gasteiger partial charge is 0.491 e. The molecule has 0 radical (unpaired) electrons. The van der Waals surface area contributed by atoms with Crippen LogP contribution in [0.2, 0.25) is 5.02 Å². The third kappa shape index (κ3) is 4.20. The molecular formula is C19H18BrClN2O4. The van der Waals surface area contributed by atoms with Crippen molar-refractivity contribution >= 4 is 50.7 Å². The van der Waals surface area contributed by atoms with Crippen molar-refractivity contribution in [2.24, 2.45) is 0 Å². The van der Waals surface area contributed by atoms with Gasteiger partial charge in [0.2, 0.25) is 5.91 Å². The Morgan fingerprint density at radius 3 is 2.81 bits per heavy atom. The third-order valence-corrected chi connectivity index (χ3v) is 4.81. The molecule has 0 aliphatic carbocycles. The number of benzene rings is 2. The van der Waals surface area contributed by atoms with Crippen LogP contribution in [0.15, 0.2) is 40.9 Å². The van der Waals surface area contributed by atoms with E-state index in [9.17, 15) is 9.59 Å². The Bertz CT molecular complexity index is 890. The fourth-order valence-corrected chi connectivity index (χ4v) is 3.75. The molecule has 1 aliphatic rings. The van der Waals surface area contributed by atoms with E-state index in [0.29, 0.717) is 39.0 Å². The monoisotopic (exact) mass is 452 g/mol. The van der Waals surface area contributed by atoms with Gasteiger partial charge in [-0.05, 0) is 47.1 Å². The van der Waals surface area contributed by atoms with Crippen LogP contribution in [0.5, 0.6) is 11.5 Å². The van der Waals surface area contributed by atoms with E-state index in [4.69, 9.17) is 21.1 Å². The molecule has 2 aromatic carbocycles.